The van der Waals surface area contributed by atoms with E-state index in [1.54, 1.807) is 23.1 Å². The van der Waals surface area contributed by atoms with Crippen LogP contribution in [0.4, 0.5) is 5.69 Å². The first-order valence-corrected chi connectivity index (χ1v) is 8.27. The number of nitrogens with zero attached hydrogens (tertiary/aromatic N) is 1. The van der Waals surface area contributed by atoms with Crippen LogP contribution in [0.5, 0.6) is 0 Å². The minimum absolute atomic E-state index is 0.0483. The maximum absolute atomic E-state index is 12.8. The Labute approximate surface area is 144 Å². The highest BCUT2D eigenvalue weighted by Crippen LogP contribution is 2.45. The second-order valence-corrected chi connectivity index (χ2v) is 6.61. The third kappa shape index (κ3) is 2.85. The number of anilines is 1. The zero-order valence-electron chi connectivity index (χ0n) is 12.5. The summed E-state index contributed by atoms with van der Waals surface area (Å²) in [6.07, 6.45) is 5.73. The maximum atomic E-state index is 12.8. The van der Waals surface area contributed by atoms with Gasteiger partial charge in [-0.25, -0.2) is 0 Å². The molecule has 0 aromatic heterocycles. The van der Waals surface area contributed by atoms with Crippen LogP contribution in [0.2, 0.25) is 0 Å². The lowest BCUT2D eigenvalue weighted by molar-refractivity contribution is -0.139. The van der Waals surface area contributed by atoms with E-state index in [9.17, 15) is 9.90 Å². The van der Waals surface area contributed by atoms with E-state index in [-0.39, 0.29) is 12.5 Å². The lowest BCUT2D eigenvalue weighted by atomic mass is 9.83. The minimum Gasteiger partial charge on any atom is -0.396 e. The monoisotopic (exact) mass is 413 g/mol. The molecule has 0 saturated carbocycles. The van der Waals surface area contributed by atoms with Gasteiger partial charge in [-0.1, -0.05) is 25.2 Å². The molecule has 1 aliphatic heterocycles. The molecule has 2 N–H and O–H groups in total. The molecule has 1 heterocycles. The molecule has 0 radical (unpaired) electrons. The molecule has 2 atom stereocenters. The molecule has 2 rings (SSSR count). The molecule has 0 saturated heterocycles. The van der Waals surface area contributed by atoms with Crippen molar-refractivity contribution in [3.05, 3.63) is 52.1 Å². The summed E-state index contributed by atoms with van der Waals surface area (Å²) in [5, 5.41) is 20.0. The second-order valence-electron chi connectivity index (χ2n) is 5.36. The molecule has 5 heteroatoms. The van der Waals surface area contributed by atoms with Crippen molar-refractivity contribution in [2.24, 2.45) is 5.92 Å². The van der Waals surface area contributed by atoms with Crippen molar-refractivity contribution >= 4 is 34.2 Å². The number of aliphatic hydroxyl groups is 2. The first-order valence-electron chi connectivity index (χ1n) is 7.19. The molecule has 0 fully saturated rings. The normalized spacial score (nSPS) is 22.2. The Hall–Kier alpha value is -1.18. The van der Waals surface area contributed by atoms with Crippen LogP contribution >= 0.6 is 22.6 Å². The number of hydrogen-bond donors (Lipinski definition) is 2. The van der Waals surface area contributed by atoms with Crippen LogP contribution in [0.1, 0.15) is 18.9 Å². The number of benzene rings is 1. The van der Waals surface area contributed by atoms with E-state index < -0.39 is 11.5 Å². The van der Waals surface area contributed by atoms with Gasteiger partial charge in [-0.05, 0) is 47.2 Å². The molecule has 1 aromatic carbocycles. The molecule has 0 aliphatic carbocycles. The Balaban J connectivity index is 2.49. The van der Waals surface area contributed by atoms with Gasteiger partial charge in [0.25, 0.3) is 5.91 Å². The first-order chi connectivity index (χ1) is 10.5. The summed E-state index contributed by atoms with van der Waals surface area (Å²) in [5.41, 5.74) is -0.214. The highest BCUT2D eigenvalue weighted by molar-refractivity contribution is 14.1. The Morgan fingerprint density at radius 3 is 2.86 bits per heavy atom. The van der Waals surface area contributed by atoms with Gasteiger partial charge in [0.15, 0.2) is 5.60 Å². The van der Waals surface area contributed by atoms with E-state index in [2.05, 4.69) is 29.2 Å². The van der Waals surface area contributed by atoms with Crippen molar-refractivity contribution in [3.63, 3.8) is 0 Å². The van der Waals surface area contributed by atoms with Crippen LogP contribution in [0.15, 0.2) is 43.0 Å². The molecule has 0 spiro atoms. The van der Waals surface area contributed by atoms with Crippen LogP contribution < -0.4 is 4.90 Å². The minimum atomic E-state index is -1.58. The van der Waals surface area contributed by atoms with Gasteiger partial charge in [-0.3, -0.25) is 4.79 Å². The van der Waals surface area contributed by atoms with Gasteiger partial charge >= 0.3 is 0 Å². The Bertz CT molecular complexity index is 614. The van der Waals surface area contributed by atoms with Crippen molar-refractivity contribution in [3.8, 4) is 0 Å². The molecule has 1 amide bonds. The van der Waals surface area contributed by atoms with Gasteiger partial charge in [0, 0.05) is 28.2 Å². The van der Waals surface area contributed by atoms with E-state index in [0.717, 1.165) is 9.26 Å². The zero-order chi connectivity index (χ0) is 16.3. The van der Waals surface area contributed by atoms with Crippen LogP contribution in [0.3, 0.4) is 0 Å². The Morgan fingerprint density at radius 1 is 1.50 bits per heavy atom. The molecule has 22 heavy (non-hydrogen) atoms. The quantitative estimate of drug-likeness (QED) is 0.557. The molecule has 1 aromatic rings. The van der Waals surface area contributed by atoms with E-state index in [4.69, 9.17) is 5.11 Å². The second kappa shape index (κ2) is 6.93. The number of halogens is 1. The molecular weight excluding hydrogens is 393 g/mol. The molecule has 4 nitrogen and oxygen atoms in total. The fraction of sp³-hybridized carbons (Fsp3) is 0.353. The molecule has 1 aliphatic rings. The lowest BCUT2D eigenvalue weighted by Gasteiger charge is -2.27. The highest BCUT2D eigenvalue weighted by atomic mass is 127. The highest BCUT2D eigenvalue weighted by Gasteiger charge is 2.52. The SMILES string of the molecule is C=CCN1C(=O)[C@@](O)([C@@H](C)/C=C/CCO)c2cc(I)ccc21. The van der Waals surface area contributed by atoms with Gasteiger partial charge < -0.3 is 15.1 Å². The van der Waals surface area contributed by atoms with E-state index in [0.29, 0.717) is 18.5 Å². The average Bonchev–Trinajstić information content (AvgIpc) is 2.71. The summed E-state index contributed by atoms with van der Waals surface area (Å²) in [5.74, 6) is -0.719. The van der Waals surface area contributed by atoms with Gasteiger partial charge in [0.05, 0.1) is 5.69 Å². The molecule has 118 valence electrons. The number of hydrogen-bond acceptors (Lipinski definition) is 3. The van der Waals surface area contributed by atoms with Crippen molar-refractivity contribution in [2.45, 2.75) is 18.9 Å². The zero-order valence-corrected chi connectivity index (χ0v) is 14.7. The summed E-state index contributed by atoms with van der Waals surface area (Å²) in [4.78, 5) is 14.4. The third-order valence-electron chi connectivity index (χ3n) is 3.92. The van der Waals surface area contributed by atoms with Crippen LogP contribution in [-0.2, 0) is 10.4 Å². The molecule has 0 bridgehead atoms. The van der Waals surface area contributed by atoms with Gasteiger partial charge in [-0.2, -0.15) is 0 Å². The van der Waals surface area contributed by atoms with Crippen LogP contribution in [-0.4, -0.2) is 29.3 Å². The van der Waals surface area contributed by atoms with Gasteiger partial charge in [0.1, 0.15) is 0 Å². The molecule has 0 unspecified atom stereocenters. The van der Waals surface area contributed by atoms with E-state index >= 15 is 0 Å². The number of carbonyl (C=O) groups excluding carboxylic acids is 1. The lowest BCUT2D eigenvalue weighted by Crippen LogP contribution is -2.44. The topological polar surface area (TPSA) is 60.8 Å². The van der Waals surface area contributed by atoms with Crippen LogP contribution in [0, 0.1) is 9.49 Å². The third-order valence-corrected chi connectivity index (χ3v) is 4.59. The standard InChI is InChI=1S/C17H20INO3/c1-3-9-19-15-8-7-13(18)11-14(15)17(22,16(19)21)12(2)6-4-5-10-20/h3-4,6-8,11-12,20,22H,1,5,9-10H2,2H3/b6-4+/t12-,17+/m0/s1. The predicted octanol–water partition coefficient (Wildman–Crippen LogP) is 2.59. The first kappa shape index (κ1) is 17.2. The van der Waals surface area contributed by atoms with Crippen molar-refractivity contribution in [1.29, 1.82) is 0 Å². The van der Waals surface area contributed by atoms with Gasteiger partial charge in [0.2, 0.25) is 0 Å². The Morgan fingerprint density at radius 2 is 2.23 bits per heavy atom. The predicted molar refractivity (Wildman–Crippen MR) is 95.6 cm³/mol. The fourth-order valence-electron chi connectivity index (χ4n) is 2.74. The van der Waals surface area contributed by atoms with Crippen LogP contribution in [0.25, 0.3) is 0 Å². The Kier molecular flexibility index (Phi) is 5.41. The fourth-order valence-corrected chi connectivity index (χ4v) is 3.24. The average molecular weight is 413 g/mol. The van der Waals surface area contributed by atoms with Crippen molar-refractivity contribution < 1.29 is 15.0 Å². The summed E-state index contributed by atoms with van der Waals surface area (Å²) in [6, 6.07) is 5.63. The summed E-state index contributed by atoms with van der Waals surface area (Å²) in [6.45, 7) is 5.91. The summed E-state index contributed by atoms with van der Waals surface area (Å²) < 4.78 is 0.967. The van der Waals surface area contributed by atoms with Gasteiger partial charge in [-0.15, -0.1) is 6.58 Å². The smallest absolute Gasteiger partial charge is 0.264 e. The number of carbonyl (C=O) groups is 1. The number of amides is 1. The molecular formula is C17H20INO3. The summed E-state index contributed by atoms with van der Waals surface area (Å²) >= 11 is 2.17. The van der Waals surface area contributed by atoms with E-state index in [1.807, 2.05) is 25.1 Å². The largest absolute Gasteiger partial charge is 0.396 e. The number of rotatable bonds is 6. The summed E-state index contributed by atoms with van der Waals surface area (Å²) in [7, 11) is 0. The maximum Gasteiger partial charge on any atom is 0.264 e. The van der Waals surface area contributed by atoms with Crippen molar-refractivity contribution in [2.75, 3.05) is 18.1 Å². The van der Waals surface area contributed by atoms with Crippen molar-refractivity contribution in [1.82, 2.24) is 0 Å². The van der Waals surface area contributed by atoms with E-state index in [1.165, 1.54) is 0 Å². The number of aliphatic hydroxyl groups excluding tert-OH is 1. The number of fused-ring (bicyclic) bond motifs is 1.